The van der Waals surface area contributed by atoms with Gasteiger partial charge in [-0.3, -0.25) is 0 Å². The largest absolute Gasteiger partial charge is 0.598 e. The van der Waals surface area contributed by atoms with Crippen molar-refractivity contribution in [2.75, 3.05) is 6.61 Å². The SMILES string of the molecule is C[C@@H](N[S+]([O-])C(C)(C)C)c1cccc(C(F)(F)F)c1CC(F)(F)CO[Si](c1ccccc1)(c1ccccc1)C(C)(C)C. The lowest BCUT2D eigenvalue weighted by atomic mass is 9.92. The molecule has 0 amide bonds. The van der Waals surface area contributed by atoms with E-state index in [0.717, 1.165) is 16.4 Å². The molecule has 0 aliphatic heterocycles. The normalized spacial score (nSPS) is 15.0. The molecule has 0 saturated heterocycles. The molecule has 0 aromatic heterocycles. The van der Waals surface area contributed by atoms with E-state index < -0.39 is 71.8 Å². The van der Waals surface area contributed by atoms with Gasteiger partial charge in [0.2, 0.25) is 0 Å². The van der Waals surface area contributed by atoms with E-state index in [2.05, 4.69) is 4.72 Å². The first kappa shape index (κ1) is 34.2. The summed E-state index contributed by atoms with van der Waals surface area (Å²) in [5.74, 6) is -3.65. The molecule has 3 aromatic rings. The Labute approximate surface area is 250 Å². The summed E-state index contributed by atoms with van der Waals surface area (Å²) in [4.78, 5) is 0. The Balaban J connectivity index is 2.06. The number of benzene rings is 3. The van der Waals surface area contributed by atoms with Crippen LogP contribution >= 0.6 is 0 Å². The van der Waals surface area contributed by atoms with Gasteiger partial charge in [0, 0.05) is 17.8 Å². The zero-order valence-electron chi connectivity index (χ0n) is 25.1. The summed E-state index contributed by atoms with van der Waals surface area (Å²) < 4.78 is 95.6. The molecule has 3 rings (SSSR count). The van der Waals surface area contributed by atoms with Crippen LogP contribution < -0.4 is 15.1 Å². The molecular weight excluding hydrogens is 586 g/mol. The number of nitrogens with one attached hydrogen (secondary N) is 1. The first-order chi connectivity index (χ1) is 19.3. The van der Waals surface area contributed by atoms with E-state index in [1.807, 2.05) is 81.4 Å². The molecule has 0 radical (unpaired) electrons. The van der Waals surface area contributed by atoms with Crippen molar-refractivity contribution in [1.82, 2.24) is 4.72 Å². The molecule has 3 aromatic carbocycles. The van der Waals surface area contributed by atoms with Crippen molar-refractivity contribution in [1.29, 1.82) is 0 Å². The fourth-order valence-corrected chi connectivity index (χ4v) is 10.5. The molecule has 1 unspecified atom stereocenters. The molecule has 2 atom stereocenters. The predicted octanol–water partition coefficient (Wildman–Crippen LogP) is 7.57. The van der Waals surface area contributed by atoms with E-state index in [9.17, 15) is 17.7 Å². The van der Waals surface area contributed by atoms with Crippen LogP contribution in [0.5, 0.6) is 0 Å². The Morgan fingerprint density at radius 2 is 1.29 bits per heavy atom. The number of rotatable bonds is 10. The van der Waals surface area contributed by atoms with E-state index >= 15 is 8.78 Å². The summed E-state index contributed by atoms with van der Waals surface area (Å²) in [6.07, 6.45) is -6.05. The van der Waals surface area contributed by atoms with Crippen molar-refractivity contribution in [3.63, 3.8) is 0 Å². The zero-order valence-corrected chi connectivity index (χ0v) is 26.9. The van der Waals surface area contributed by atoms with Crippen molar-refractivity contribution in [2.45, 2.75) is 82.8 Å². The van der Waals surface area contributed by atoms with Gasteiger partial charge in [0.15, 0.2) is 0 Å². The van der Waals surface area contributed by atoms with E-state index in [0.29, 0.717) is 0 Å². The Kier molecular flexibility index (Phi) is 10.4. The van der Waals surface area contributed by atoms with Gasteiger partial charge in [0.05, 0.1) is 18.2 Å². The van der Waals surface area contributed by atoms with Gasteiger partial charge >= 0.3 is 6.18 Å². The molecular formula is C32H40F5NO2SSi. The third kappa shape index (κ3) is 7.82. The van der Waals surface area contributed by atoms with E-state index in [4.69, 9.17) is 4.43 Å². The monoisotopic (exact) mass is 625 g/mol. The van der Waals surface area contributed by atoms with Crippen molar-refractivity contribution < 1.29 is 30.9 Å². The zero-order chi connectivity index (χ0) is 31.6. The molecule has 0 aliphatic rings. The van der Waals surface area contributed by atoms with Gasteiger partial charge in [-0.1, -0.05) is 93.6 Å². The summed E-state index contributed by atoms with van der Waals surface area (Å²) in [5.41, 5.74) is -1.65. The molecule has 42 heavy (non-hydrogen) atoms. The molecule has 0 fully saturated rings. The molecule has 3 nitrogen and oxygen atoms in total. The summed E-state index contributed by atoms with van der Waals surface area (Å²) in [5, 5.41) is 0.993. The van der Waals surface area contributed by atoms with Crippen LogP contribution in [0.15, 0.2) is 78.9 Å². The van der Waals surface area contributed by atoms with E-state index in [1.165, 1.54) is 19.1 Å². The second-order valence-electron chi connectivity index (χ2n) is 12.6. The highest BCUT2D eigenvalue weighted by Gasteiger charge is 2.52. The van der Waals surface area contributed by atoms with Crippen molar-refractivity contribution in [3.8, 4) is 0 Å². The number of hydrogen-bond acceptors (Lipinski definition) is 3. The molecule has 1 N–H and O–H groups in total. The van der Waals surface area contributed by atoms with Crippen molar-refractivity contribution in [3.05, 3.63) is 95.6 Å². The molecule has 0 saturated carbocycles. The van der Waals surface area contributed by atoms with Crippen LogP contribution in [0.2, 0.25) is 5.04 Å². The first-order valence-corrected chi connectivity index (χ1v) is 16.9. The van der Waals surface area contributed by atoms with E-state index in [1.54, 1.807) is 20.8 Å². The fourth-order valence-electron chi connectivity index (χ4n) is 5.16. The van der Waals surface area contributed by atoms with Gasteiger partial charge < -0.3 is 8.98 Å². The average molecular weight is 626 g/mol. The third-order valence-corrected chi connectivity index (χ3v) is 13.8. The molecule has 0 heterocycles. The maximum atomic E-state index is 16.0. The van der Waals surface area contributed by atoms with Crippen LogP contribution in [0.3, 0.4) is 0 Å². The molecule has 0 bridgehead atoms. The smallest absolute Gasteiger partial charge is 0.416 e. The highest BCUT2D eigenvalue weighted by molar-refractivity contribution is 7.90. The quantitative estimate of drug-likeness (QED) is 0.144. The summed E-state index contributed by atoms with van der Waals surface area (Å²) >= 11 is -1.63. The summed E-state index contributed by atoms with van der Waals surface area (Å²) in [7, 11) is -3.36. The summed E-state index contributed by atoms with van der Waals surface area (Å²) in [6.45, 7) is 11.4. The lowest BCUT2D eigenvalue weighted by molar-refractivity contribution is -0.139. The van der Waals surface area contributed by atoms with Gasteiger partial charge in [0.25, 0.3) is 14.2 Å². The Morgan fingerprint density at radius 3 is 1.71 bits per heavy atom. The topological polar surface area (TPSA) is 44.3 Å². The van der Waals surface area contributed by atoms with E-state index in [-0.39, 0.29) is 5.56 Å². The lowest BCUT2D eigenvalue weighted by Gasteiger charge is -2.43. The van der Waals surface area contributed by atoms with Gasteiger partial charge in [-0.15, -0.1) is 4.72 Å². The average Bonchev–Trinajstić information content (AvgIpc) is 2.88. The Hall–Kier alpha value is -2.24. The van der Waals surface area contributed by atoms with Crippen LogP contribution in [0.1, 0.15) is 71.2 Å². The molecule has 0 aliphatic carbocycles. The van der Waals surface area contributed by atoms with Gasteiger partial charge in [0.1, 0.15) is 4.75 Å². The van der Waals surface area contributed by atoms with Gasteiger partial charge in [-0.05, 0) is 60.3 Å². The number of hydrogen-bond donors (Lipinski definition) is 1. The standard InChI is InChI=1S/C32H40F5NO2SSi/c1-23(38-41(39)29(2,3)4)26-19-14-20-28(32(35,36)37)27(26)21-31(33,34)22-40-42(30(5,6)7,24-15-10-8-11-16-24)25-17-12-9-13-18-25/h8-20,23,38H,21-22H2,1-7H3/t23-,41?/m1/s1. The minimum atomic E-state index is -4.86. The highest BCUT2D eigenvalue weighted by Crippen LogP contribution is 2.40. The molecule has 10 heteroatoms. The summed E-state index contributed by atoms with van der Waals surface area (Å²) in [6, 6.07) is 20.9. The van der Waals surface area contributed by atoms with Crippen molar-refractivity contribution >= 4 is 30.1 Å². The first-order valence-electron chi connectivity index (χ1n) is 13.8. The van der Waals surface area contributed by atoms with Crippen LogP contribution in [-0.4, -0.2) is 30.1 Å². The second kappa shape index (κ2) is 12.8. The van der Waals surface area contributed by atoms with Crippen LogP contribution in [0.25, 0.3) is 0 Å². The third-order valence-electron chi connectivity index (χ3n) is 7.18. The minimum Gasteiger partial charge on any atom is -0.598 e. The molecule has 0 spiro atoms. The Morgan fingerprint density at radius 1 is 0.786 bits per heavy atom. The minimum absolute atomic E-state index is 0.0209. The maximum absolute atomic E-state index is 16.0. The van der Waals surface area contributed by atoms with Crippen molar-refractivity contribution in [2.24, 2.45) is 0 Å². The number of halogens is 5. The predicted molar refractivity (Wildman–Crippen MR) is 163 cm³/mol. The van der Waals surface area contributed by atoms with Gasteiger partial charge in [-0.2, -0.15) is 13.2 Å². The van der Waals surface area contributed by atoms with Crippen LogP contribution in [0.4, 0.5) is 22.0 Å². The van der Waals surface area contributed by atoms with Gasteiger partial charge in [-0.25, -0.2) is 8.78 Å². The number of alkyl halides is 5. The van der Waals surface area contributed by atoms with Crippen LogP contribution in [0, 0.1) is 0 Å². The second-order valence-corrected chi connectivity index (χ2v) is 18.9. The van der Waals surface area contributed by atoms with Crippen LogP contribution in [-0.2, 0) is 28.4 Å². The Bertz CT molecular complexity index is 1270. The lowest BCUT2D eigenvalue weighted by Crippen LogP contribution is -2.67. The highest BCUT2D eigenvalue weighted by atomic mass is 32.2. The maximum Gasteiger partial charge on any atom is 0.416 e. The fraction of sp³-hybridized carbons (Fsp3) is 0.438. The molecule has 230 valence electrons.